The van der Waals surface area contributed by atoms with Crippen LogP contribution in [0.2, 0.25) is 0 Å². The quantitative estimate of drug-likeness (QED) is 0.518. The third-order valence-electron chi connectivity index (χ3n) is 5.00. The van der Waals surface area contributed by atoms with E-state index in [9.17, 15) is 0 Å². The molecule has 0 aliphatic heterocycles. The third kappa shape index (κ3) is 1.65. The Balaban J connectivity index is 2.09. The van der Waals surface area contributed by atoms with Crippen LogP contribution in [0.1, 0.15) is 65.2 Å². The van der Waals surface area contributed by atoms with Crippen LogP contribution in [0.15, 0.2) is 0 Å². The van der Waals surface area contributed by atoms with Gasteiger partial charge in [-0.05, 0) is 36.5 Å². The second-order valence-electron chi connectivity index (χ2n) is 5.58. The van der Waals surface area contributed by atoms with Gasteiger partial charge in [0.05, 0.1) is 0 Å². The van der Waals surface area contributed by atoms with E-state index in [4.69, 9.17) is 0 Å². The summed E-state index contributed by atoms with van der Waals surface area (Å²) in [6, 6.07) is 0. The van der Waals surface area contributed by atoms with Crippen molar-refractivity contribution >= 4 is 0 Å². The third-order valence-corrected chi connectivity index (χ3v) is 5.00. The molecule has 0 aromatic rings. The summed E-state index contributed by atoms with van der Waals surface area (Å²) in [5, 5.41) is 0. The average molecular weight is 180 g/mol. The van der Waals surface area contributed by atoms with Crippen molar-refractivity contribution in [2.45, 2.75) is 65.2 Å². The van der Waals surface area contributed by atoms with E-state index in [1.807, 2.05) is 0 Å². The first kappa shape index (κ1) is 9.55. The first-order valence-corrected chi connectivity index (χ1v) is 6.25. The smallest absolute Gasteiger partial charge is 0.0269 e. The summed E-state index contributed by atoms with van der Waals surface area (Å²) in [6.07, 6.45) is 12.1. The Kier molecular flexibility index (Phi) is 2.67. The molecule has 1 spiro atoms. The lowest BCUT2D eigenvalue weighted by Gasteiger charge is -2.48. The lowest BCUT2D eigenvalue weighted by molar-refractivity contribution is 0.0237. The average Bonchev–Trinajstić information content (AvgIpc) is 2.16. The van der Waals surface area contributed by atoms with Crippen molar-refractivity contribution in [2.75, 3.05) is 0 Å². The Morgan fingerprint density at radius 1 is 0.846 bits per heavy atom. The highest BCUT2D eigenvalue weighted by molar-refractivity contribution is 4.92. The maximum Gasteiger partial charge on any atom is -0.0269 e. The summed E-state index contributed by atoms with van der Waals surface area (Å²) in [4.78, 5) is 0. The van der Waals surface area contributed by atoms with E-state index in [1.165, 1.54) is 32.1 Å². The highest BCUT2D eigenvalue weighted by Gasteiger charge is 2.41. The van der Waals surface area contributed by atoms with Gasteiger partial charge >= 0.3 is 0 Å². The van der Waals surface area contributed by atoms with Crippen molar-refractivity contribution in [2.24, 2.45) is 17.3 Å². The van der Waals surface area contributed by atoms with Crippen molar-refractivity contribution in [3.05, 3.63) is 0 Å². The van der Waals surface area contributed by atoms with Gasteiger partial charge in [-0.3, -0.25) is 0 Å². The summed E-state index contributed by atoms with van der Waals surface area (Å²) in [5.74, 6) is 1.99. The van der Waals surface area contributed by atoms with Gasteiger partial charge in [-0.1, -0.05) is 46.0 Å². The lowest BCUT2D eigenvalue weighted by Crippen LogP contribution is -2.38. The molecule has 0 heterocycles. The van der Waals surface area contributed by atoms with Gasteiger partial charge < -0.3 is 0 Å². The standard InChI is InChI=1S/C13H24/c1-11-7-6-10-13(12(11)2)8-4-3-5-9-13/h11-12H,3-10H2,1-2H3. The van der Waals surface area contributed by atoms with Crippen molar-refractivity contribution in [3.63, 3.8) is 0 Å². The van der Waals surface area contributed by atoms with Crippen LogP contribution in [-0.2, 0) is 0 Å². The Hall–Kier alpha value is 0. The summed E-state index contributed by atoms with van der Waals surface area (Å²) in [5.41, 5.74) is 0.788. The van der Waals surface area contributed by atoms with Crippen LogP contribution < -0.4 is 0 Å². The molecule has 2 unspecified atom stereocenters. The minimum absolute atomic E-state index is 0.788. The van der Waals surface area contributed by atoms with Crippen LogP contribution in [0.25, 0.3) is 0 Å². The molecule has 0 heteroatoms. The van der Waals surface area contributed by atoms with E-state index >= 15 is 0 Å². The molecule has 13 heavy (non-hydrogen) atoms. The molecule has 0 aromatic carbocycles. The minimum atomic E-state index is 0.788. The van der Waals surface area contributed by atoms with Gasteiger partial charge in [-0.25, -0.2) is 0 Å². The predicted octanol–water partition coefficient (Wildman–Crippen LogP) is 4.39. The summed E-state index contributed by atoms with van der Waals surface area (Å²) < 4.78 is 0. The first-order valence-electron chi connectivity index (χ1n) is 6.25. The zero-order valence-corrected chi connectivity index (χ0v) is 9.31. The first-order chi connectivity index (χ1) is 6.25. The van der Waals surface area contributed by atoms with Gasteiger partial charge in [0, 0.05) is 0 Å². The van der Waals surface area contributed by atoms with Crippen LogP contribution in [0, 0.1) is 17.3 Å². The maximum absolute atomic E-state index is 2.52. The molecule has 0 nitrogen and oxygen atoms in total. The van der Waals surface area contributed by atoms with Gasteiger partial charge in [0.2, 0.25) is 0 Å². The van der Waals surface area contributed by atoms with Crippen molar-refractivity contribution in [1.82, 2.24) is 0 Å². The SMILES string of the molecule is CC1CCCC2(CCCCC2)C1C. The molecule has 2 fully saturated rings. The van der Waals surface area contributed by atoms with Gasteiger partial charge in [0.15, 0.2) is 0 Å². The molecule has 2 aliphatic carbocycles. The molecule has 0 aromatic heterocycles. The van der Waals surface area contributed by atoms with Crippen molar-refractivity contribution < 1.29 is 0 Å². The Labute approximate surface area is 83.1 Å². The molecular formula is C13H24. The monoisotopic (exact) mass is 180 g/mol. The minimum Gasteiger partial charge on any atom is -0.0622 e. The van der Waals surface area contributed by atoms with Gasteiger partial charge in [0.25, 0.3) is 0 Å². The van der Waals surface area contributed by atoms with E-state index in [2.05, 4.69) is 13.8 Å². The molecule has 0 amide bonds. The van der Waals surface area contributed by atoms with Crippen LogP contribution in [-0.4, -0.2) is 0 Å². The highest BCUT2D eigenvalue weighted by Crippen LogP contribution is 2.52. The van der Waals surface area contributed by atoms with Gasteiger partial charge in [-0.15, -0.1) is 0 Å². The fourth-order valence-electron chi connectivity index (χ4n) is 3.82. The van der Waals surface area contributed by atoms with Crippen molar-refractivity contribution in [3.8, 4) is 0 Å². The highest BCUT2D eigenvalue weighted by atomic mass is 14.5. The van der Waals surface area contributed by atoms with Crippen LogP contribution in [0.5, 0.6) is 0 Å². The zero-order chi connectivity index (χ0) is 9.31. The van der Waals surface area contributed by atoms with E-state index in [0.717, 1.165) is 17.3 Å². The Bertz CT molecular complexity index is 159. The summed E-state index contributed by atoms with van der Waals surface area (Å²) >= 11 is 0. The Morgan fingerprint density at radius 3 is 2.15 bits per heavy atom. The number of hydrogen-bond acceptors (Lipinski definition) is 0. The maximum atomic E-state index is 2.52. The van der Waals surface area contributed by atoms with Crippen LogP contribution >= 0.6 is 0 Å². The summed E-state index contributed by atoms with van der Waals surface area (Å²) in [6.45, 7) is 5.00. The van der Waals surface area contributed by atoms with E-state index < -0.39 is 0 Å². The molecule has 0 radical (unpaired) electrons. The zero-order valence-electron chi connectivity index (χ0n) is 9.31. The summed E-state index contributed by atoms with van der Waals surface area (Å²) in [7, 11) is 0. The second-order valence-corrected chi connectivity index (χ2v) is 5.58. The lowest BCUT2D eigenvalue weighted by atomic mass is 9.57. The predicted molar refractivity (Wildman–Crippen MR) is 57.7 cm³/mol. The molecule has 0 bridgehead atoms. The van der Waals surface area contributed by atoms with E-state index in [-0.39, 0.29) is 0 Å². The fourth-order valence-corrected chi connectivity index (χ4v) is 3.82. The van der Waals surface area contributed by atoms with E-state index in [0.29, 0.717) is 0 Å². The molecule has 2 saturated carbocycles. The molecule has 76 valence electrons. The topological polar surface area (TPSA) is 0 Å². The fraction of sp³-hybridized carbons (Fsp3) is 1.00. The molecular weight excluding hydrogens is 156 g/mol. The molecule has 2 aliphatic rings. The largest absolute Gasteiger partial charge is 0.0622 e. The molecule has 2 atom stereocenters. The number of hydrogen-bond donors (Lipinski definition) is 0. The van der Waals surface area contributed by atoms with Gasteiger partial charge in [0.1, 0.15) is 0 Å². The van der Waals surface area contributed by atoms with E-state index in [1.54, 1.807) is 19.3 Å². The second kappa shape index (κ2) is 3.63. The molecule has 2 rings (SSSR count). The van der Waals surface area contributed by atoms with Crippen molar-refractivity contribution in [1.29, 1.82) is 0 Å². The Morgan fingerprint density at radius 2 is 1.46 bits per heavy atom. The van der Waals surface area contributed by atoms with Crippen LogP contribution in [0.4, 0.5) is 0 Å². The normalized spacial score (nSPS) is 39.2. The number of rotatable bonds is 0. The molecule has 0 saturated heterocycles. The van der Waals surface area contributed by atoms with Gasteiger partial charge in [-0.2, -0.15) is 0 Å². The molecule has 0 N–H and O–H groups in total. The van der Waals surface area contributed by atoms with Crippen LogP contribution in [0.3, 0.4) is 0 Å².